The number of ether oxygens (including phenoxy) is 1. The van der Waals surface area contributed by atoms with Gasteiger partial charge in [0.15, 0.2) is 6.61 Å². The van der Waals surface area contributed by atoms with Crippen LogP contribution >= 0.6 is 11.6 Å². The maximum atomic E-state index is 12.1. The first kappa shape index (κ1) is 14.8. The van der Waals surface area contributed by atoms with E-state index in [1.807, 2.05) is 6.07 Å². The predicted octanol–water partition coefficient (Wildman–Crippen LogP) is 3.20. The van der Waals surface area contributed by atoms with E-state index in [2.05, 4.69) is 10.3 Å². The molecule has 1 heterocycles. The van der Waals surface area contributed by atoms with Crippen molar-refractivity contribution in [3.05, 3.63) is 52.8 Å². The van der Waals surface area contributed by atoms with Crippen molar-refractivity contribution >= 4 is 23.2 Å². The van der Waals surface area contributed by atoms with Gasteiger partial charge in [-0.25, -0.2) is 4.98 Å². The van der Waals surface area contributed by atoms with Gasteiger partial charge in [-0.1, -0.05) is 11.6 Å². The number of carbonyl (C=O) groups excluding carboxylic acids is 1. The third-order valence-electron chi connectivity index (χ3n) is 2.60. The van der Waals surface area contributed by atoms with E-state index in [0.717, 1.165) is 0 Å². The summed E-state index contributed by atoms with van der Waals surface area (Å²) in [5.74, 6) is 0.297. The smallest absolute Gasteiger partial charge is 0.255 e. The Morgan fingerprint density at radius 3 is 2.71 bits per heavy atom. The van der Waals surface area contributed by atoms with Crippen LogP contribution in [0.25, 0.3) is 0 Å². The van der Waals surface area contributed by atoms with Crippen molar-refractivity contribution < 1.29 is 9.53 Å². The summed E-state index contributed by atoms with van der Waals surface area (Å²) in [5, 5.41) is 11.5. The third-order valence-corrected chi connectivity index (χ3v) is 2.79. The normalized spacial score (nSPS) is 9.76. The van der Waals surface area contributed by atoms with E-state index < -0.39 is 0 Å². The summed E-state index contributed by atoms with van der Waals surface area (Å²) in [6, 6.07) is 11.8. The van der Waals surface area contributed by atoms with Crippen molar-refractivity contribution in [1.29, 1.82) is 5.26 Å². The second-order valence-electron chi connectivity index (χ2n) is 4.25. The SMILES string of the molecule is Cc1cc(C(=O)Nc2ccc(OCC#N)cc2)cc(Cl)n1. The molecule has 2 aromatic rings. The summed E-state index contributed by atoms with van der Waals surface area (Å²) in [4.78, 5) is 16.1. The van der Waals surface area contributed by atoms with E-state index in [0.29, 0.717) is 22.7 Å². The fraction of sp³-hybridized carbons (Fsp3) is 0.133. The molecule has 0 radical (unpaired) electrons. The molecule has 0 fully saturated rings. The number of aryl methyl sites for hydroxylation is 1. The number of aromatic nitrogens is 1. The first-order valence-corrected chi connectivity index (χ1v) is 6.51. The van der Waals surface area contributed by atoms with Crippen molar-refractivity contribution in [2.45, 2.75) is 6.92 Å². The van der Waals surface area contributed by atoms with Gasteiger partial charge in [0.1, 0.15) is 17.0 Å². The van der Waals surface area contributed by atoms with Gasteiger partial charge < -0.3 is 10.1 Å². The number of hydrogen-bond donors (Lipinski definition) is 1. The van der Waals surface area contributed by atoms with Gasteiger partial charge in [0.25, 0.3) is 5.91 Å². The molecule has 21 heavy (non-hydrogen) atoms. The second kappa shape index (κ2) is 6.73. The fourth-order valence-corrected chi connectivity index (χ4v) is 1.96. The highest BCUT2D eigenvalue weighted by molar-refractivity contribution is 6.29. The highest BCUT2D eigenvalue weighted by Crippen LogP contribution is 2.17. The van der Waals surface area contributed by atoms with Crippen molar-refractivity contribution in [2.75, 3.05) is 11.9 Å². The molecule has 1 aromatic carbocycles. The molecule has 2 rings (SSSR count). The van der Waals surface area contributed by atoms with Gasteiger partial charge in [-0.05, 0) is 43.3 Å². The number of pyridine rings is 1. The molecule has 1 aromatic heterocycles. The van der Waals surface area contributed by atoms with Crippen molar-refractivity contribution in [2.24, 2.45) is 0 Å². The Morgan fingerprint density at radius 1 is 1.38 bits per heavy atom. The highest BCUT2D eigenvalue weighted by atomic mass is 35.5. The van der Waals surface area contributed by atoms with Gasteiger partial charge in [0.05, 0.1) is 0 Å². The van der Waals surface area contributed by atoms with Crippen molar-refractivity contribution in [3.63, 3.8) is 0 Å². The zero-order valence-corrected chi connectivity index (χ0v) is 12.0. The second-order valence-corrected chi connectivity index (χ2v) is 4.63. The minimum atomic E-state index is -0.270. The number of amides is 1. The predicted molar refractivity (Wildman–Crippen MR) is 79.5 cm³/mol. The number of halogens is 1. The van der Waals surface area contributed by atoms with Crippen LogP contribution in [0.2, 0.25) is 5.15 Å². The lowest BCUT2D eigenvalue weighted by Crippen LogP contribution is -2.12. The quantitative estimate of drug-likeness (QED) is 0.880. The van der Waals surface area contributed by atoms with E-state index >= 15 is 0 Å². The summed E-state index contributed by atoms with van der Waals surface area (Å²) in [7, 11) is 0. The maximum absolute atomic E-state index is 12.1. The lowest BCUT2D eigenvalue weighted by atomic mass is 10.2. The Labute approximate surface area is 127 Å². The molecule has 0 saturated carbocycles. The van der Waals surface area contributed by atoms with E-state index in [4.69, 9.17) is 21.6 Å². The summed E-state index contributed by atoms with van der Waals surface area (Å²) in [6.07, 6.45) is 0. The average Bonchev–Trinajstić information content (AvgIpc) is 2.45. The molecule has 5 nitrogen and oxygen atoms in total. The number of nitrogens with one attached hydrogen (secondary N) is 1. The van der Waals surface area contributed by atoms with Gasteiger partial charge in [0, 0.05) is 16.9 Å². The van der Waals surface area contributed by atoms with Gasteiger partial charge >= 0.3 is 0 Å². The summed E-state index contributed by atoms with van der Waals surface area (Å²) in [5.41, 5.74) is 1.74. The molecular formula is C15H12ClN3O2. The van der Waals surface area contributed by atoms with Crippen LogP contribution in [0.4, 0.5) is 5.69 Å². The van der Waals surface area contributed by atoms with Crippen LogP contribution < -0.4 is 10.1 Å². The molecule has 0 saturated heterocycles. The number of nitrogens with zero attached hydrogens (tertiary/aromatic N) is 2. The number of benzene rings is 1. The number of anilines is 1. The highest BCUT2D eigenvalue weighted by Gasteiger charge is 2.08. The largest absolute Gasteiger partial charge is 0.479 e. The van der Waals surface area contributed by atoms with Crippen LogP contribution in [0.15, 0.2) is 36.4 Å². The molecule has 106 valence electrons. The lowest BCUT2D eigenvalue weighted by molar-refractivity contribution is 0.102. The molecule has 0 unspecified atom stereocenters. The van der Waals surface area contributed by atoms with Crippen LogP contribution in [0.3, 0.4) is 0 Å². The molecule has 1 N–H and O–H groups in total. The van der Waals surface area contributed by atoms with Gasteiger partial charge in [-0.3, -0.25) is 4.79 Å². The molecule has 6 heteroatoms. The zero-order valence-electron chi connectivity index (χ0n) is 11.3. The van der Waals surface area contributed by atoms with Gasteiger partial charge in [0.2, 0.25) is 0 Å². The Morgan fingerprint density at radius 2 is 2.10 bits per heavy atom. The molecular weight excluding hydrogens is 290 g/mol. The van der Waals surface area contributed by atoms with Crippen LogP contribution in [0.1, 0.15) is 16.1 Å². The minimum Gasteiger partial charge on any atom is -0.479 e. The van der Waals surface area contributed by atoms with Gasteiger partial charge in [-0.2, -0.15) is 5.26 Å². The molecule has 0 atom stereocenters. The zero-order chi connectivity index (χ0) is 15.2. The van der Waals surface area contributed by atoms with Crippen LogP contribution in [0.5, 0.6) is 5.75 Å². The van der Waals surface area contributed by atoms with Crippen molar-refractivity contribution in [3.8, 4) is 11.8 Å². The summed E-state index contributed by atoms with van der Waals surface area (Å²) >= 11 is 5.83. The first-order valence-electron chi connectivity index (χ1n) is 6.14. The average molecular weight is 302 g/mol. The maximum Gasteiger partial charge on any atom is 0.255 e. The van der Waals surface area contributed by atoms with Crippen LogP contribution in [-0.4, -0.2) is 17.5 Å². The van der Waals surface area contributed by atoms with Crippen LogP contribution in [0, 0.1) is 18.3 Å². The van der Waals surface area contributed by atoms with Crippen molar-refractivity contribution in [1.82, 2.24) is 4.98 Å². The fourth-order valence-electron chi connectivity index (χ4n) is 1.71. The number of nitriles is 1. The molecule has 0 aliphatic rings. The van der Waals surface area contributed by atoms with E-state index in [-0.39, 0.29) is 17.7 Å². The van der Waals surface area contributed by atoms with E-state index in [9.17, 15) is 4.79 Å². The summed E-state index contributed by atoms with van der Waals surface area (Å²) in [6.45, 7) is 1.75. The molecule has 0 spiro atoms. The monoisotopic (exact) mass is 301 g/mol. The first-order chi connectivity index (χ1) is 10.1. The van der Waals surface area contributed by atoms with Crippen LogP contribution in [-0.2, 0) is 0 Å². The molecule has 1 amide bonds. The molecule has 0 aliphatic carbocycles. The van der Waals surface area contributed by atoms with E-state index in [1.165, 1.54) is 6.07 Å². The topological polar surface area (TPSA) is 75.0 Å². The molecule has 0 aliphatic heterocycles. The number of carbonyl (C=O) groups is 1. The Kier molecular flexibility index (Phi) is 4.75. The number of hydrogen-bond acceptors (Lipinski definition) is 4. The summed E-state index contributed by atoms with van der Waals surface area (Å²) < 4.78 is 5.13. The third kappa shape index (κ3) is 4.20. The van der Waals surface area contributed by atoms with E-state index in [1.54, 1.807) is 37.3 Å². The Balaban J connectivity index is 2.07. The minimum absolute atomic E-state index is 0.0134. The number of rotatable bonds is 4. The molecule has 0 bridgehead atoms. The standard InChI is InChI=1S/C15H12ClN3O2/c1-10-8-11(9-14(16)18-10)15(20)19-12-2-4-13(5-3-12)21-7-6-17/h2-5,8-9H,7H2,1H3,(H,19,20). The Hall–Kier alpha value is -2.58. The van der Waals surface area contributed by atoms with Gasteiger partial charge in [-0.15, -0.1) is 0 Å². The Bertz CT molecular complexity index is 673. The lowest BCUT2D eigenvalue weighted by Gasteiger charge is -2.07.